The van der Waals surface area contributed by atoms with Crippen molar-refractivity contribution in [3.05, 3.63) is 46.8 Å². The molecule has 162 valence electrons. The fraction of sp³-hybridized carbons (Fsp3) is 0.545. The zero-order valence-corrected chi connectivity index (χ0v) is 20.9. The molecule has 1 atom stereocenters. The van der Waals surface area contributed by atoms with Crippen molar-refractivity contribution >= 4 is 29.9 Å². The molecule has 0 spiro atoms. The molecule has 7 heteroatoms. The summed E-state index contributed by atoms with van der Waals surface area (Å²) >= 11 is 0. The van der Waals surface area contributed by atoms with Crippen molar-refractivity contribution in [2.75, 3.05) is 20.2 Å². The standard InChI is InChI=1S/C22H35N5O.HI/c1-7-23-22(24-13-9-11-19-10-8-12-20(15-19)28-6)25-16(2)14-21-17(3)26-27(5)18(21)4;/h8,10,12,15-16H,7,9,11,13-14H2,1-6H3,(H2,23,24,25);1H. The van der Waals surface area contributed by atoms with E-state index >= 15 is 0 Å². The SMILES string of the molecule is CCNC(=NCCCc1cccc(OC)c1)NC(C)Cc1c(C)nn(C)c1C.I. The number of aryl methyl sites for hydroxylation is 3. The molecule has 1 aromatic heterocycles. The predicted molar refractivity (Wildman–Crippen MR) is 132 cm³/mol. The van der Waals surface area contributed by atoms with Gasteiger partial charge in [0.2, 0.25) is 0 Å². The summed E-state index contributed by atoms with van der Waals surface area (Å²) in [6, 6.07) is 8.51. The van der Waals surface area contributed by atoms with Crippen LogP contribution in [0.4, 0.5) is 0 Å². The van der Waals surface area contributed by atoms with Crippen molar-refractivity contribution < 1.29 is 4.74 Å². The Morgan fingerprint density at radius 1 is 1.31 bits per heavy atom. The second kappa shape index (κ2) is 12.7. The maximum atomic E-state index is 5.29. The summed E-state index contributed by atoms with van der Waals surface area (Å²) in [5.41, 5.74) is 4.93. The first kappa shape index (κ1) is 25.3. The van der Waals surface area contributed by atoms with Gasteiger partial charge in [-0.15, -0.1) is 24.0 Å². The molecule has 29 heavy (non-hydrogen) atoms. The summed E-state index contributed by atoms with van der Waals surface area (Å²) in [7, 11) is 3.70. The van der Waals surface area contributed by atoms with Crippen molar-refractivity contribution in [1.29, 1.82) is 0 Å². The number of aliphatic imine (C=N–C) groups is 1. The van der Waals surface area contributed by atoms with Crippen LogP contribution in [0.2, 0.25) is 0 Å². The summed E-state index contributed by atoms with van der Waals surface area (Å²) < 4.78 is 7.24. The van der Waals surface area contributed by atoms with E-state index in [9.17, 15) is 0 Å². The number of ether oxygens (including phenoxy) is 1. The van der Waals surface area contributed by atoms with Crippen LogP contribution in [-0.4, -0.2) is 42.0 Å². The zero-order valence-electron chi connectivity index (χ0n) is 18.6. The van der Waals surface area contributed by atoms with Crippen LogP contribution >= 0.6 is 24.0 Å². The smallest absolute Gasteiger partial charge is 0.191 e. The molecule has 1 aromatic carbocycles. The lowest BCUT2D eigenvalue weighted by Crippen LogP contribution is -2.43. The molecule has 2 rings (SSSR count). The molecule has 6 nitrogen and oxygen atoms in total. The first-order valence-electron chi connectivity index (χ1n) is 10.1. The van der Waals surface area contributed by atoms with E-state index in [1.165, 1.54) is 16.8 Å². The zero-order chi connectivity index (χ0) is 20.5. The Labute approximate surface area is 192 Å². The van der Waals surface area contributed by atoms with Gasteiger partial charge in [0.15, 0.2) is 5.96 Å². The van der Waals surface area contributed by atoms with Gasteiger partial charge in [0.1, 0.15) is 5.75 Å². The Kier molecular flexibility index (Phi) is 11.1. The number of nitrogens with zero attached hydrogens (tertiary/aromatic N) is 3. The molecule has 0 aliphatic rings. The Morgan fingerprint density at radius 2 is 2.07 bits per heavy atom. The molecule has 2 aromatic rings. The molecule has 1 unspecified atom stereocenters. The topological polar surface area (TPSA) is 63.5 Å². The number of nitrogens with one attached hydrogen (secondary N) is 2. The third kappa shape index (κ3) is 7.87. The van der Waals surface area contributed by atoms with Crippen LogP contribution < -0.4 is 15.4 Å². The number of hydrogen-bond acceptors (Lipinski definition) is 3. The fourth-order valence-corrected chi connectivity index (χ4v) is 3.33. The molecule has 1 heterocycles. The van der Waals surface area contributed by atoms with E-state index in [2.05, 4.69) is 55.6 Å². The largest absolute Gasteiger partial charge is 0.497 e. The molecular formula is C22H36IN5O. The summed E-state index contributed by atoms with van der Waals surface area (Å²) in [5, 5.41) is 11.4. The van der Waals surface area contributed by atoms with Crippen LogP contribution in [0, 0.1) is 13.8 Å². The number of rotatable bonds is 9. The van der Waals surface area contributed by atoms with Gasteiger partial charge in [-0.3, -0.25) is 9.67 Å². The van der Waals surface area contributed by atoms with Crippen LogP contribution in [0.3, 0.4) is 0 Å². The Morgan fingerprint density at radius 3 is 2.69 bits per heavy atom. The molecule has 0 bridgehead atoms. The summed E-state index contributed by atoms with van der Waals surface area (Å²) in [6.07, 6.45) is 2.92. The highest BCUT2D eigenvalue weighted by atomic mass is 127. The second-order valence-electron chi connectivity index (χ2n) is 7.24. The average molecular weight is 513 g/mol. The number of methoxy groups -OCH3 is 1. The first-order chi connectivity index (χ1) is 13.4. The minimum Gasteiger partial charge on any atom is -0.497 e. The molecule has 0 saturated heterocycles. The van der Waals surface area contributed by atoms with Crippen LogP contribution in [-0.2, 0) is 19.9 Å². The maximum absolute atomic E-state index is 5.29. The second-order valence-corrected chi connectivity index (χ2v) is 7.24. The number of guanidine groups is 1. The highest BCUT2D eigenvalue weighted by molar-refractivity contribution is 14.0. The fourth-order valence-electron chi connectivity index (χ4n) is 3.33. The van der Waals surface area contributed by atoms with Crippen LogP contribution in [0.1, 0.15) is 42.8 Å². The lowest BCUT2D eigenvalue weighted by atomic mass is 10.1. The molecule has 2 N–H and O–H groups in total. The number of benzene rings is 1. The summed E-state index contributed by atoms with van der Waals surface area (Å²) in [5.74, 6) is 1.78. The predicted octanol–water partition coefficient (Wildman–Crippen LogP) is 3.78. The van der Waals surface area contributed by atoms with Gasteiger partial charge in [-0.1, -0.05) is 12.1 Å². The Balaban J connectivity index is 0.00000420. The third-order valence-corrected chi connectivity index (χ3v) is 4.92. The van der Waals surface area contributed by atoms with Gasteiger partial charge >= 0.3 is 0 Å². The third-order valence-electron chi connectivity index (χ3n) is 4.92. The number of aromatic nitrogens is 2. The lowest BCUT2D eigenvalue weighted by Gasteiger charge is -2.18. The van der Waals surface area contributed by atoms with Crippen molar-refractivity contribution in [3.8, 4) is 5.75 Å². The van der Waals surface area contributed by atoms with E-state index in [0.29, 0.717) is 0 Å². The van der Waals surface area contributed by atoms with Crippen LogP contribution in [0.15, 0.2) is 29.3 Å². The van der Waals surface area contributed by atoms with Crippen molar-refractivity contribution in [1.82, 2.24) is 20.4 Å². The maximum Gasteiger partial charge on any atom is 0.191 e. The first-order valence-corrected chi connectivity index (χ1v) is 10.1. The molecule has 0 aliphatic carbocycles. The van der Waals surface area contributed by atoms with Gasteiger partial charge in [-0.05, 0) is 70.2 Å². The highest BCUT2D eigenvalue weighted by Crippen LogP contribution is 2.15. The van der Waals surface area contributed by atoms with Crippen LogP contribution in [0.5, 0.6) is 5.75 Å². The van der Waals surface area contributed by atoms with E-state index in [0.717, 1.165) is 49.8 Å². The minimum absolute atomic E-state index is 0. The molecule has 0 aliphatic heterocycles. The molecule has 0 fully saturated rings. The van der Waals surface area contributed by atoms with E-state index in [1.807, 2.05) is 23.9 Å². The molecule has 0 saturated carbocycles. The van der Waals surface area contributed by atoms with Crippen molar-refractivity contribution in [2.24, 2.45) is 12.0 Å². The van der Waals surface area contributed by atoms with Gasteiger partial charge < -0.3 is 15.4 Å². The van der Waals surface area contributed by atoms with Crippen LogP contribution in [0.25, 0.3) is 0 Å². The molecular weight excluding hydrogens is 477 g/mol. The lowest BCUT2D eigenvalue weighted by molar-refractivity contribution is 0.414. The Hall–Kier alpha value is -1.77. The summed E-state index contributed by atoms with van der Waals surface area (Å²) in [6.45, 7) is 10.1. The minimum atomic E-state index is 0. The van der Waals surface area contributed by atoms with E-state index in [1.54, 1.807) is 7.11 Å². The molecule has 0 amide bonds. The molecule has 0 radical (unpaired) electrons. The van der Waals surface area contributed by atoms with Gasteiger partial charge in [0, 0.05) is 31.9 Å². The van der Waals surface area contributed by atoms with Crippen molar-refractivity contribution in [3.63, 3.8) is 0 Å². The van der Waals surface area contributed by atoms with Crippen molar-refractivity contribution in [2.45, 2.75) is 53.0 Å². The quantitative estimate of drug-likeness (QED) is 0.232. The normalized spacial score (nSPS) is 12.3. The van der Waals surface area contributed by atoms with E-state index in [4.69, 9.17) is 9.73 Å². The van der Waals surface area contributed by atoms with Gasteiger partial charge in [0.25, 0.3) is 0 Å². The Bertz CT molecular complexity index is 788. The number of halogens is 1. The van der Waals surface area contributed by atoms with Gasteiger partial charge in [-0.25, -0.2) is 0 Å². The number of hydrogen-bond donors (Lipinski definition) is 2. The average Bonchev–Trinajstić information content (AvgIpc) is 2.91. The van der Waals surface area contributed by atoms with Gasteiger partial charge in [-0.2, -0.15) is 5.10 Å². The van der Waals surface area contributed by atoms with E-state index < -0.39 is 0 Å². The monoisotopic (exact) mass is 513 g/mol. The highest BCUT2D eigenvalue weighted by Gasteiger charge is 2.13. The van der Waals surface area contributed by atoms with Gasteiger partial charge in [0.05, 0.1) is 12.8 Å². The van der Waals surface area contributed by atoms with E-state index in [-0.39, 0.29) is 30.0 Å². The summed E-state index contributed by atoms with van der Waals surface area (Å²) in [4.78, 5) is 4.75.